The summed E-state index contributed by atoms with van der Waals surface area (Å²) in [6.45, 7) is 5.47. The van der Waals surface area contributed by atoms with E-state index in [0.717, 1.165) is 31.4 Å². The number of amides is 2. The van der Waals surface area contributed by atoms with Crippen LogP contribution < -0.4 is 11.1 Å². The number of primary amides is 1. The van der Waals surface area contributed by atoms with Crippen LogP contribution in [0.4, 0.5) is 0 Å². The van der Waals surface area contributed by atoms with E-state index in [1.807, 2.05) is 11.5 Å². The first-order chi connectivity index (χ1) is 15.0. The number of carbonyl (C=O) groups excluding carboxylic acids is 2. The number of aromatic nitrogens is 3. The number of aryl methyl sites for hydroxylation is 2. The predicted octanol–water partition coefficient (Wildman–Crippen LogP) is 2.41. The van der Waals surface area contributed by atoms with Crippen LogP contribution >= 0.6 is 11.8 Å². The highest BCUT2D eigenvalue weighted by Gasteiger charge is 2.22. The Bertz CT molecular complexity index is 878. The SMILES string of the molecule is CCc1ccc(C(C)NC(=O)CSc2nnc(CCC(N)=O)n2CC2CCCO2)cc1. The van der Waals surface area contributed by atoms with Crippen LogP contribution in [0.3, 0.4) is 0 Å². The second kappa shape index (κ2) is 11.3. The standard InChI is InChI=1S/C22H31N5O3S/c1-3-16-6-8-17(9-7-16)15(2)24-21(29)14-31-22-26-25-20(11-10-19(23)28)27(22)13-18-5-4-12-30-18/h6-9,15,18H,3-5,10-14H2,1-2H3,(H2,23,28)(H,24,29). The number of rotatable bonds is 11. The molecule has 3 N–H and O–H groups in total. The molecule has 9 heteroatoms. The van der Waals surface area contributed by atoms with E-state index in [4.69, 9.17) is 10.5 Å². The molecule has 31 heavy (non-hydrogen) atoms. The molecule has 0 aliphatic carbocycles. The summed E-state index contributed by atoms with van der Waals surface area (Å²) in [5.74, 6) is 0.488. The van der Waals surface area contributed by atoms with Gasteiger partial charge in [0.15, 0.2) is 5.16 Å². The smallest absolute Gasteiger partial charge is 0.230 e. The van der Waals surface area contributed by atoms with Gasteiger partial charge in [0.2, 0.25) is 11.8 Å². The summed E-state index contributed by atoms with van der Waals surface area (Å²) in [4.78, 5) is 23.7. The topological polar surface area (TPSA) is 112 Å². The van der Waals surface area contributed by atoms with E-state index < -0.39 is 0 Å². The molecule has 3 rings (SSSR count). The molecule has 2 aromatic rings. The van der Waals surface area contributed by atoms with Crippen LogP contribution in [0.25, 0.3) is 0 Å². The van der Waals surface area contributed by atoms with Crippen molar-refractivity contribution in [3.8, 4) is 0 Å². The van der Waals surface area contributed by atoms with Gasteiger partial charge in [-0.3, -0.25) is 9.59 Å². The molecule has 2 heterocycles. The van der Waals surface area contributed by atoms with Gasteiger partial charge in [-0.2, -0.15) is 0 Å². The number of ether oxygens (including phenoxy) is 1. The number of nitrogens with one attached hydrogen (secondary N) is 1. The highest BCUT2D eigenvalue weighted by molar-refractivity contribution is 7.99. The molecule has 0 spiro atoms. The molecule has 1 aliphatic rings. The van der Waals surface area contributed by atoms with Crippen molar-refractivity contribution in [2.45, 2.75) is 69.8 Å². The molecule has 2 atom stereocenters. The van der Waals surface area contributed by atoms with Crippen LogP contribution in [-0.2, 0) is 33.7 Å². The highest BCUT2D eigenvalue weighted by atomic mass is 32.2. The minimum Gasteiger partial charge on any atom is -0.376 e. The molecule has 1 fully saturated rings. The van der Waals surface area contributed by atoms with Crippen molar-refractivity contribution in [2.75, 3.05) is 12.4 Å². The summed E-state index contributed by atoms with van der Waals surface area (Å²) in [5.41, 5.74) is 7.64. The molecule has 0 bridgehead atoms. The monoisotopic (exact) mass is 445 g/mol. The maximum atomic E-state index is 12.5. The van der Waals surface area contributed by atoms with Gasteiger partial charge >= 0.3 is 0 Å². The fraction of sp³-hybridized carbons (Fsp3) is 0.545. The Hall–Kier alpha value is -2.39. The van der Waals surface area contributed by atoms with Crippen molar-refractivity contribution in [1.82, 2.24) is 20.1 Å². The van der Waals surface area contributed by atoms with Crippen molar-refractivity contribution < 1.29 is 14.3 Å². The third-order valence-electron chi connectivity index (χ3n) is 5.40. The van der Waals surface area contributed by atoms with Crippen LogP contribution in [0, 0.1) is 0 Å². The van der Waals surface area contributed by atoms with E-state index in [1.165, 1.54) is 17.3 Å². The molecule has 0 radical (unpaired) electrons. The van der Waals surface area contributed by atoms with Gasteiger partial charge in [0, 0.05) is 19.4 Å². The summed E-state index contributed by atoms with van der Waals surface area (Å²) in [6, 6.07) is 8.22. The molecular weight excluding hydrogens is 414 g/mol. The average molecular weight is 446 g/mol. The molecule has 1 saturated heterocycles. The zero-order valence-electron chi connectivity index (χ0n) is 18.2. The summed E-state index contributed by atoms with van der Waals surface area (Å²) >= 11 is 1.34. The zero-order chi connectivity index (χ0) is 22.2. The normalized spacial score (nSPS) is 16.9. The van der Waals surface area contributed by atoms with Gasteiger partial charge in [0.05, 0.1) is 24.4 Å². The maximum Gasteiger partial charge on any atom is 0.230 e. The fourth-order valence-corrected chi connectivity index (χ4v) is 4.34. The van der Waals surface area contributed by atoms with Crippen molar-refractivity contribution in [3.63, 3.8) is 0 Å². The van der Waals surface area contributed by atoms with Crippen molar-refractivity contribution in [3.05, 3.63) is 41.2 Å². The highest BCUT2D eigenvalue weighted by Crippen LogP contribution is 2.22. The molecule has 1 aromatic heterocycles. The number of carbonyl (C=O) groups is 2. The number of hydrogen-bond donors (Lipinski definition) is 2. The Morgan fingerprint density at radius 1 is 1.32 bits per heavy atom. The predicted molar refractivity (Wildman–Crippen MR) is 120 cm³/mol. The van der Waals surface area contributed by atoms with E-state index in [-0.39, 0.29) is 36.1 Å². The Morgan fingerprint density at radius 3 is 2.74 bits per heavy atom. The van der Waals surface area contributed by atoms with Gasteiger partial charge in [-0.1, -0.05) is 43.0 Å². The van der Waals surface area contributed by atoms with E-state index in [9.17, 15) is 9.59 Å². The van der Waals surface area contributed by atoms with Crippen molar-refractivity contribution >= 4 is 23.6 Å². The van der Waals surface area contributed by atoms with Crippen molar-refractivity contribution in [2.24, 2.45) is 5.73 Å². The Balaban J connectivity index is 1.59. The number of hydrogen-bond acceptors (Lipinski definition) is 6. The fourth-order valence-electron chi connectivity index (χ4n) is 3.56. The largest absolute Gasteiger partial charge is 0.376 e. The van der Waals surface area contributed by atoms with Gasteiger partial charge in [0.1, 0.15) is 5.82 Å². The molecule has 0 saturated carbocycles. The Morgan fingerprint density at radius 2 is 2.10 bits per heavy atom. The average Bonchev–Trinajstić information content (AvgIpc) is 3.41. The summed E-state index contributed by atoms with van der Waals surface area (Å²) < 4.78 is 7.71. The number of nitrogens with two attached hydrogens (primary N) is 1. The van der Waals surface area contributed by atoms with E-state index >= 15 is 0 Å². The number of thioether (sulfide) groups is 1. The lowest BCUT2D eigenvalue weighted by molar-refractivity contribution is -0.119. The van der Waals surface area contributed by atoms with Crippen LogP contribution in [0.5, 0.6) is 0 Å². The van der Waals surface area contributed by atoms with Crippen LogP contribution in [0.1, 0.15) is 56.1 Å². The quantitative estimate of drug-likeness (QED) is 0.514. The lowest BCUT2D eigenvalue weighted by atomic mass is 10.1. The van der Waals surface area contributed by atoms with E-state index in [0.29, 0.717) is 23.9 Å². The lowest BCUT2D eigenvalue weighted by Crippen LogP contribution is -2.28. The van der Waals surface area contributed by atoms with Gasteiger partial charge in [-0.05, 0) is 37.3 Å². The zero-order valence-corrected chi connectivity index (χ0v) is 19.0. The van der Waals surface area contributed by atoms with Gasteiger partial charge in [0.25, 0.3) is 0 Å². The van der Waals surface area contributed by atoms with E-state index in [1.54, 1.807) is 0 Å². The summed E-state index contributed by atoms with van der Waals surface area (Å²) in [7, 11) is 0. The summed E-state index contributed by atoms with van der Waals surface area (Å²) in [6.07, 6.45) is 3.74. The second-order valence-corrected chi connectivity index (χ2v) is 8.73. The first-order valence-corrected chi connectivity index (χ1v) is 11.8. The van der Waals surface area contributed by atoms with Crippen LogP contribution in [0.2, 0.25) is 0 Å². The minimum absolute atomic E-state index is 0.0672. The first kappa shape index (κ1) is 23.3. The van der Waals surface area contributed by atoms with E-state index in [2.05, 4.69) is 46.7 Å². The van der Waals surface area contributed by atoms with Crippen LogP contribution in [0.15, 0.2) is 29.4 Å². The first-order valence-electron chi connectivity index (χ1n) is 10.8. The molecule has 1 aromatic carbocycles. The Kier molecular flexibility index (Phi) is 8.48. The molecule has 168 valence electrons. The molecule has 1 aliphatic heterocycles. The summed E-state index contributed by atoms with van der Waals surface area (Å²) in [5, 5.41) is 12.2. The van der Waals surface area contributed by atoms with Gasteiger partial charge in [-0.25, -0.2) is 0 Å². The molecule has 8 nitrogen and oxygen atoms in total. The van der Waals surface area contributed by atoms with Crippen LogP contribution in [-0.4, -0.2) is 45.0 Å². The molecule has 2 amide bonds. The number of nitrogens with zero attached hydrogens (tertiary/aromatic N) is 3. The molecule has 2 unspecified atom stereocenters. The third-order valence-corrected chi connectivity index (χ3v) is 6.36. The minimum atomic E-state index is -0.374. The van der Waals surface area contributed by atoms with Gasteiger partial charge < -0.3 is 20.4 Å². The van der Waals surface area contributed by atoms with Crippen molar-refractivity contribution in [1.29, 1.82) is 0 Å². The third kappa shape index (κ3) is 6.80. The molecular formula is C22H31N5O3S. The Labute approximate surface area is 187 Å². The maximum absolute atomic E-state index is 12.5. The lowest BCUT2D eigenvalue weighted by Gasteiger charge is -2.16. The number of benzene rings is 1. The van der Waals surface area contributed by atoms with Gasteiger partial charge in [-0.15, -0.1) is 10.2 Å². The second-order valence-electron chi connectivity index (χ2n) is 7.78.